The first kappa shape index (κ1) is 16.9. The number of rotatable bonds is 4. The van der Waals surface area contributed by atoms with E-state index in [1.54, 1.807) is 29.4 Å². The summed E-state index contributed by atoms with van der Waals surface area (Å²) in [6, 6.07) is 8.63. The van der Waals surface area contributed by atoms with Crippen LogP contribution >= 0.6 is 23.1 Å². The molecule has 5 rings (SSSR count). The quantitative estimate of drug-likeness (QED) is 0.473. The monoisotopic (exact) mass is 396 g/mol. The normalized spacial score (nSPS) is 17.4. The molecule has 3 aromatic heterocycles. The molecule has 4 heterocycles. The van der Waals surface area contributed by atoms with Gasteiger partial charge in [0, 0.05) is 13.1 Å². The third kappa shape index (κ3) is 2.70. The van der Waals surface area contributed by atoms with Crippen LogP contribution in [-0.4, -0.2) is 37.3 Å². The lowest BCUT2D eigenvalue weighted by atomic mass is 10.2. The van der Waals surface area contributed by atoms with E-state index in [0.717, 1.165) is 57.8 Å². The fourth-order valence-corrected chi connectivity index (χ4v) is 5.50. The fourth-order valence-electron chi connectivity index (χ4n) is 3.98. The molecule has 27 heavy (non-hydrogen) atoms. The summed E-state index contributed by atoms with van der Waals surface area (Å²) in [6.45, 7) is 4.08. The zero-order valence-electron chi connectivity index (χ0n) is 15.3. The number of hydrogen-bond donors (Lipinski definition) is 0. The Balaban J connectivity index is 1.64. The van der Waals surface area contributed by atoms with Gasteiger partial charge in [-0.25, -0.2) is 19.9 Å². The number of para-hydroxylation sites is 2. The summed E-state index contributed by atoms with van der Waals surface area (Å²) in [4.78, 5) is 21.1. The van der Waals surface area contributed by atoms with Crippen molar-refractivity contribution >= 4 is 50.3 Å². The van der Waals surface area contributed by atoms with Crippen LogP contribution in [0.25, 0.3) is 21.4 Å². The van der Waals surface area contributed by atoms with E-state index in [0.29, 0.717) is 0 Å². The van der Waals surface area contributed by atoms with Gasteiger partial charge in [-0.3, -0.25) is 0 Å². The van der Waals surface area contributed by atoms with E-state index in [2.05, 4.69) is 55.6 Å². The van der Waals surface area contributed by atoms with E-state index in [1.807, 2.05) is 6.26 Å². The van der Waals surface area contributed by atoms with Gasteiger partial charge in [0.2, 0.25) is 0 Å². The second-order valence-corrected chi connectivity index (χ2v) is 8.64. The Kier molecular flexibility index (Phi) is 4.24. The zero-order chi connectivity index (χ0) is 18.4. The molecule has 4 aromatic rings. The Morgan fingerprint density at radius 2 is 2.11 bits per heavy atom. The van der Waals surface area contributed by atoms with Gasteiger partial charge in [-0.1, -0.05) is 23.9 Å². The molecule has 0 spiro atoms. The molecule has 1 unspecified atom stereocenters. The van der Waals surface area contributed by atoms with Crippen LogP contribution in [0.4, 0.5) is 5.82 Å². The number of fused-ring (bicyclic) bond motifs is 2. The van der Waals surface area contributed by atoms with E-state index in [9.17, 15) is 0 Å². The molecule has 0 bridgehead atoms. The lowest BCUT2D eigenvalue weighted by Gasteiger charge is -2.26. The number of benzene rings is 1. The Morgan fingerprint density at radius 1 is 1.22 bits per heavy atom. The molecule has 1 aliphatic rings. The zero-order valence-corrected chi connectivity index (χ0v) is 16.9. The van der Waals surface area contributed by atoms with Crippen molar-refractivity contribution in [1.82, 2.24) is 24.5 Å². The Hall–Kier alpha value is -2.19. The first-order valence-electron chi connectivity index (χ1n) is 9.17. The maximum atomic E-state index is 5.00. The molecule has 0 N–H and O–H groups in total. The summed E-state index contributed by atoms with van der Waals surface area (Å²) in [5.74, 6) is 2.13. The lowest BCUT2D eigenvalue weighted by Crippen LogP contribution is -2.26. The van der Waals surface area contributed by atoms with Crippen LogP contribution in [0.1, 0.15) is 31.6 Å². The van der Waals surface area contributed by atoms with Crippen LogP contribution in [-0.2, 0) is 6.54 Å². The van der Waals surface area contributed by atoms with Crippen LogP contribution in [0.5, 0.6) is 0 Å². The van der Waals surface area contributed by atoms with Crippen molar-refractivity contribution in [2.45, 2.75) is 36.7 Å². The van der Waals surface area contributed by atoms with Gasteiger partial charge in [0.25, 0.3) is 0 Å². The van der Waals surface area contributed by atoms with Gasteiger partial charge in [0.15, 0.2) is 15.8 Å². The summed E-state index contributed by atoms with van der Waals surface area (Å²) < 4.78 is 4.45. The summed E-state index contributed by atoms with van der Waals surface area (Å²) >= 11 is 3.34. The highest BCUT2D eigenvalue weighted by Gasteiger charge is 2.33. The van der Waals surface area contributed by atoms with Gasteiger partial charge in [-0.05, 0) is 38.2 Å². The number of aromatic nitrogens is 5. The minimum atomic E-state index is 0.232. The predicted octanol–water partition coefficient (Wildman–Crippen LogP) is 4.52. The minimum absolute atomic E-state index is 0.232. The Labute approximate surface area is 165 Å². The van der Waals surface area contributed by atoms with Crippen molar-refractivity contribution in [3.05, 3.63) is 36.4 Å². The van der Waals surface area contributed by atoms with Gasteiger partial charge >= 0.3 is 0 Å². The lowest BCUT2D eigenvalue weighted by molar-refractivity contribution is 0.607. The largest absolute Gasteiger partial charge is 0.345 e. The average Bonchev–Trinajstić information content (AvgIpc) is 3.42. The van der Waals surface area contributed by atoms with Crippen molar-refractivity contribution in [2.75, 3.05) is 17.7 Å². The second-order valence-electron chi connectivity index (χ2n) is 6.59. The molecule has 1 atom stereocenters. The first-order valence-corrected chi connectivity index (χ1v) is 11.2. The van der Waals surface area contributed by atoms with Gasteiger partial charge in [0.05, 0.1) is 17.1 Å². The summed E-state index contributed by atoms with van der Waals surface area (Å²) in [7, 11) is 0. The Morgan fingerprint density at radius 3 is 2.96 bits per heavy atom. The van der Waals surface area contributed by atoms with Gasteiger partial charge in [0.1, 0.15) is 16.9 Å². The number of thiazole rings is 1. The van der Waals surface area contributed by atoms with E-state index in [4.69, 9.17) is 4.98 Å². The molecule has 1 saturated heterocycles. The summed E-state index contributed by atoms with van der Waals surface area (Å²) in [5, 5.41) is 0. The van der Waals surface area contributed by atoms with Crippen LogP contribution in [0.3, 0.4) is 0 Å². The van der Waals surface area contributed by atoms with Crippen molar-refractivity contribution in [1.29, 1.82) is 0 Å². The van der Waals surface area contributed by atoms with Gasteiger partial charge < -0.3 is 9.47 Å². The highest BCUT2D eigenvalue weighted by atomic mass is 32.2. The second kappa shape index (κ2) is 6.76. The number of imidazole rings is 1. The number of aryl methyl sites for hydroxylation is 1. The van der Waals surface area contributed by atoms with E-state index in [1.165, 1.54) is 5.52 Å². The third-order valence-electron chi connectivity index (χ3n) is 5.15. The maximum Gasteiger partial charge on any atom is 0.176 e. The highest BCUT2D eigenvalue weighted by molar-refractivity contribution is 8.00. The summed E-state index contributed by atoms with van der Waals surface area (Å²) in [6.07, 6.45) is 5.91. The molecule has 0 saturated carbocycles. The van der Waals surface area contributed by atoms with E-state index in [-0.39, 0.29) is 6.04 Å². The highest BCUT2D eigenvalue weighted by Crippen LogP contribution is 2.40. The van der Waals surface area contributed by atoms with Gasteiger partial charge in [-0.2, -0.15) is 0 Å². The molecule has 0 amide bonds. The molecule has 1 aromatic carbocycles. The van der Waals surface area contributed by atoms with Crippen molar-refractivity contribution < 1.29 is 0 Å². The topological polar surface area (TPSA) is 59.7 Å². The SMILES string of the molecule is CCn1c(C2CCCN2c2ncnc3nc(SC)sc23)nc2ccccc21. The molecule has 0 aliphatic carbocycles. The van der Waals surface area contributed by atoms with E-state index >= 15 is 0 Å². The van der Waals surface area contributed by atoms with E-state index < -0.39 is 0 Å². The molecular formula is C19H20N6S2. The molecular weight excluding hydrogens is 376 g/mol. The van der Waals surface area contributed by atoms with Crippen LogP contribution in [0.15, 0.2) is 34.9 Å². The van der Waals surface area contributed by atoms with Crippen LogP contribution in [0.2, 0.25) is 0 Å². The fraction of sp³-hybridized carbons (Fsp3) is 0.368. The van der Waals surface area contributed by atoms with Crippen LogP contribution < -0.4 is 4.90 Å². The number of nitrogens with zero attached hydrogens (tertiary/aromatic N) is 6. The molecule has 1 fully saturated rings. The molecule has 8 heteroatoms. The molecule has 1 aliphatic heterocycles. The third-order valence-corrected chi connectivity index (χ3v) is 7.18. The Bertz CT molecular complexity index is 1120. The average molecular weight is 397 g/mol. The molecule has 6 nitrogen and oxygen atoms in total. The first-order chi connectivity index (χ1) is 13.3. The van der Waals surface area contributed by atoms with Crippen molar-refractivity contribution in [2.24, 2.45) is 0 Å². The van der Waals surface area contributed by atoms with Crippen molar-refractivity contribution in [3.63, 3.8) is 0 Å². The van der Waals surface area contributed by atoms with Gasteiger partial charge in [-0.15, -0.1) is 11.3 Å². The molecule has 0 radical (unpaired) electrons. The molecule has 138 valence electrons. The maximum absolute atomic E-state index is 5.00. The standard InChI is InChI=1S/C19H20N6S2/c1-3-24-13-8-5-4-7-12(13)22-17(24)14-9-6-10-25(14)18-15-16(20-11-21-18)23-19(26-2)27-15/h4-5,7-8,11,14H,3,6,9-10H2,1-2H3. The number of anilines is 1. The predicted molar refractivity (Wildman–Crippen MR) is 112 cm³/mol. The smallest absolute Gasteiger partial charge is 0.176 e. The minimum Gasteiger partial charge on any atom is -0.345 e. The van der Waals surface area contributed by atoms with Crippen LogP contribution in [0, 0.1) is 0 Å². The number of hydrogen-bond acceptors (Lipinski definition) is 7. The van der Waals surface area contributed by atoms with Crippen molar-refractivity contribution in [3.8, 4) is 0 Å². The summed E-state index contributed by atoms with van der Waals surface area (Å²) in [5.41, 5.74) is 3.07. The number of thioether (sulfide) groups is 1.